The van der Waals surface area contributed by atoms with Crippen molar-refractivity contribution >= 4 is 5.91 Å². The van der Waals surface area contributed by atoms with E-state index in [2.05, 4.69) is 33.2 Å². The average molecular weight is 366 g/mol. The van der Waals surface area contributed by atoms with Gasteiger partial charge in [-0.25, -0.2) is 0 Å². The first-order valence-electron chi connectivity index (χ1n) is 10.5. The maximum Gasteiger partial charge on any atom is 0.243 e. The van der Waals surface area contributed by atoms with Crippen LogP contribution in [0.2, 0.25) is 0 Å². The standard InChI is InChI=1S/C23H31N3O/c1-2-19-7-3-8-20(17-19)18-23(11-5-12-24-23)22(27)26-14-6-13-25(15-16-26)21-9-4-10-21/h1,3,7-8,17,21,24H,4-6,9-16,18H2. The second-order valence-electron chi connectivity index (χ2n) is 8.40. The lowest BCUT2D eigenvalue weighted by atomic mass is 9.87. The smallest absolute Gasteiger partial charge is 0.243 e. The van der Waals surface area contributed by atoms with E-state index in [1.807, 2.05) is 12.1 Å². The maximum atomic E-state index is 13.6. The minimum atomic E-state index is -0.459. The van der Waals surface area contributed by atoms with Crippen molar-refractivity contribution in [2.75, 3.05) is 32.7 Å². The highest BCUT2D eigenvalue weighted by molar-refractivity contribution is 5.87. The number of hydrogen-bond acceptors (Lipinski definition) is 3. The average Bonchev–Trinajstić information content (AvgIpc) is 2.99. The van der Waals surface area contributed by atoms with Gasteiger partial charge in [0, 0.05) is 37.8 Å². The summed E-state index contributed by atoms with van der Waals surface area (Å²) in [6.45, 7) is 4.83. The number of carbonyl (C=O) groups is 1. The van der Waals surface area contributed by atoms with Gasteiger partial charge in [0.1, 0.15) is 5.54 Å². The summed E-state index contributed by atoms with van der Waals surface area (Å²) in [6, 6.07) is 8.86. The summed E-state index contributed by atoms with van der Waals surface area (Å²) >= 11 is 0. The Kier molecular flexibility index (Phi) is 5.52. The van der Waals surface area contributed by atoms with Crippen LogP contribution in [0.25, 0.3) is 0 Å². The summed E-state index contributed by atoms with van der Waals surface area (Å²) in [5.41, 5.74) is 1.58. The minimum Gasteiger partial charge on any atom is -0.340 e. The summed E-state index contributed by atoms with van der Waals surface area (Å²) in [6.07, 6.45) is 13.4. The molecule has 0 aromatic heterocycles. The number of amides is 1. The predicted octanol–water partition coefficient (Wildman–Crippen LogP) is 2.42. The fourth-order valence-electron chi connectivity index (χ4n) is 4.89. The molecular weight excluding hydrogens is 334 g/mol. The largest absolute Gasteiger partial charge is 0.340 e. The van der Waals surface area contributed by atoms with E-state index in [0.717, 1.165) is 75.6 Å². The van der Waals surface area contributed by atoms with E-state index in [9.17, 15) is 4.79 Å². The Bertz CT molecular complexity index is 713. The molecule has 4 heteroatoms. The Morgan fingerprint density at radius 2 is 2.07 bits per heavy atom. The molecular formula is C23H31N3O. The molecule has 144 valence electrons. The maximum absolute atomic E-state index is 13.6. The Balaban J connectivity index is 1.47. The summed E-state index contributed by atoms with van der Waals surface area (Å²) in [7, 11) is 0. The monoisotopic (exact) mass is 365 g/mol. The number of rotatable bonds is 4. The summed E-state index contributed by atoms with van der Waals surface area (Å²) in [5, 5.41) is 3.57. The zero-order valence-electron chi connectivity index (χ0n) is 16.3. The highest BCUT2D eigenvalue weighted by Crippen LogP contribution is 2.29. The van der Waals surface area contributed by atoms with Gasteiger partial charge in [0.15, 0.2) is 0 Å². The molecule has 0 bridgehead atoms. The van der Waals surface area contributed by atoms with Gasteiger partial charge in [-0.2, -0.15) is 0 Å². The topological polar surface area (TPSA) is 35.6 Å². The van der Waals surface area contributed by atoms with Crippen molar-refractivity contribution in [1.82, 2.24) is 15.1 Å². The van der Waals surface area contributed by atoms with Gasteiger partial charge in [-0.15, -0.1) is 6.42 Å². The van der Waals surface area contributed by atoms with Crippen LogP contribution in [0.1, 0.15) is 49.7 Å². The number of carbonyl (C=O) groups excluding carboxylic acids is 1. The Morgan fingerprint density at radius 3 is 2.78 bits per heavy atom. The van der Waals surface area contributed by atoms with Crippen LogP contribution >= 0.6 is 0 Å². The zero-order chi connectivity index (χ0) is 18.7. The predicted molar refractivity (Wildman–Crippen MR) is 108 cm³/mol. The molecule has 3 aliphatic rings. The Morgan fingerprint density at radius 1 is 1.19 bits per heavy atom. The lowest BCUT2D eigenvalue weighted by Gasteiger charge is -2.37. The van der Waals surface area contributed by atoms with Gasteiger partial charge in [-0.3, -0.25) is 9.69 Å². The molecule has 1 aromatic carbocycles. The van der Waals surface area contributed by atoms with E-state index in [1.165, 1.54) is 19.3 Å². The number of hydrogen-bond donors (Lipinski definition) is 1. The van der Waals surface area contributed by atoms with E-state index in [-0.39, 0.29) is 0 Å². The second-order valence-corrected chi connectivity index (χ2v) is 8.40. The molecule has 1 saturated carbocycles. The summed E-state index contributed by atoms with van der Waals surface area (Å²) < 4.78 is 0. The van der Waals surface area contributed by atoms with Crippen molar-refractivity contribution in [2.24, 2.45) is 0 Å². The van der Waals surface area contributed by atoms with Gasteiger partial charge >= 0.3 is 0 Å². The third-order valence-corrected chi connectivity index (χ3v) is 6.66. The van der Waals surface area contributed by atoms with Gasteiger partial charge in [-0.05, 0) is 62.8 Å². The molecule has 4 rings (SSSR count). The van der Waals surface area contributed by atoms with Crippen LogP contribution in [-0.2, 0) is 11.2 Å². The Labute approximate surface area is 163 Å². The van der Waals surface area contributed by atoms with Crippen LogP contribution in [0.3, 0.4) is 0 Å². The first-order chi connectivity index (χ1) is 13.2. The third-order valence-electron chi connectivity index (χ3n) is 6.66. The van der Waals surface area contributed by atoms with E-state index in [4.69, 9.17) is 6.42 Å². The normalized spacial score (nSPS) is 27.0. The van der Waals surface area contributed by atoms with Crippen LogP contribution in [-0.4, -0.2) is 60.0 Å². The van der Waals surface area contributed by atoms with Gasteiger partial charge < -0.3 is 10.2 Å². The highest BCUT2D eigenvalue weighted by Gasteiger charge is 2.43. The van der Waals surface area contributed by atoms with E-state index in [0.29, 0.717) is 5.91 Å². The van der Waals surface area contributed by atoms with E-state index in [1.54, 1.807) is 0 Å². The quantitative estimate of drug-likeness (QED) is 0.833. The summed E-state index contributed by atoms with van der Waals surface area (Å²) in [4.78, 5) is 18.3. The fraction of sp³-hybridized carbons (Fsp3) is 0.609. The van der Waals surface area contributed by atoms with Gasteiger partial charge in [0.2, 0.25) is 5.91 Å². The first kappa shape index (κ1) is 18.5. The van der Waals surface area contributed by atoms with Crippen molar-refractivity contribution in [3.8, 4) is 12.3 Å². The lowest BCUT2D eigenvalue weighted by Crippen LogP contribution is -2.57. The summed E-state index contributed by atoms with van der Waals surface area (Å²) in [5.74, 6) is 3.00. The van der Waals surface area contributed by atoms with Crippen LogP contribution < -0.4 is 5.32 Å². The SMILES string of the molecule is C#Cc1cccc(CC2(C(=O)N3CCCN(C4CCC4)CC3)CCCN2)c1. The molecule has 1 amide bonds. The van der Waals surface area contributed by atoms with E-state index >= 15 is 0 Å². The molecule has 1 unspecified atom stereocenters. The van der Waals surface area contributed by atoms with Crippen LogP contribution in [0, 0.1) is 12.3 Å². The first-order valence-corrected chi connectivity index (χ1v) is 10.5. The van der Waals surface area contributed by atoms with Crippen molar-refractivity contribution in [3.63, 3.8) is 0 Å². The second kappa shape index (κ2) is 8.04. The zero-order valence-corrected chi connectivity index (χ0v) is 16.3. The number of terminal acetylenes is 1. The molecule has 4 nitrogen and oxygen atoms in total. The van der Waals surface area contributed by atoms with Crippen molar-refractivity contribution < 1.29 is 4.79 Å². The van der Waals surface area contributed by atoms with Crippen LogP contribution in [0.4, 0.5) is 0 Å². The molecule has 27 heavy (non-hydrogen) atoms. The van der Waals surface area contributed by atoms with Crippen LogP contribution in [0.5, 0.6) is 0 Å². The molecule has 3 fully saturated rings. The molecule has 2 aliphatic heterocycles. The molecule has 0 radical (unpaired) electrons. The minimum absolute atomic E-state index is 0.293. The van der Waals surface area contributed by atoms with E-state index < -0.39 is 5.54 Å². The van der Waals surface area contributed by atoms with Gasteiger partial charge in [-0.1, -0.05) is 24.5 Å². The van der Waals surface area contributed by atoms with Crippen molar-refractivity contribution in [3.05, 3.63) is 35.4 Å². The molecule has 1 aromatic rings. The number of nitrogens with zero attached hydrogens (tertiary/aromatic N) is 2. The highest BCUT2D eigenvalue weighted by atomic mass is 16.2. The molecule has 1 N–H and O–H groups in total. The fourth-order valence-corrected chi connectivity index (χ4v) is 4.89. The molecule has 1 aliphatic carbocycles. The number of benzene rings is 1. The van der Waals surface area contributed by atoms with Gasteiger partial charge in [0.05, 0.1) is 0 Å². The molecule has 2 saturated heterocycles. The third kappa shape index (κ3) is 3.90. The number of nitrogens with one attached hydrogen (secondary N) is 1. The van der Waals surface area contributed by atoms with Gasteiger partial charge in [0.25, 0.3) is 0 Å². The molecule has 2 heterocycles. The lowest BCUT2D eigenvalue weighted by molar-refractivity contribution is -0.137. The van der Waals surface area contributed by atoms with Crippen molar-refractivity contribution in [1.29, 1.82) is 0 Å². The van der Waals surface area contributed by atoms with Crippen molar-refractivity contribution in [2.45, 2.75) is 56.5 Å². The Hall–Kier alpha value is -1.83. The molecule has 1 atom stereocenters. The molecule has 0 spiro atoms. The van der Waals surface area contributed by atoms with Crippen LogP contribution in [0.15, 0.2) is 24.3 Å².